The standard InChI is InChI=1S/C17H11F2N/c18-15-9-8-13(11-16(15)19)17-14(7-4-10-20-17)12-5-2-1-3-6-12/h1-11H. The molecule has 1 nitrogen and oxygen atoms in total. The first-order chi connectivity index (χ1) is 9.75. The molecule has 0 saturated carbocycles. The van der Waals surface area contributed by atoms with Crippen LogP contribution in [0.15, 0.2) is 66.9 Å². The molecule has 1 aromatic heterocycles. The van der Waals surface area contributed by atoms with Gasteiger partial charge in [0, 0.05) is 17.3 Å². The molecule has 0 radical (unpaired) electrons. The SMILES string of the molecule is Fc1ccc(-c2ncccc2-c2ccccc2)cc1F. The first kappa shape index (κ1) is 12.5. The fourth-order valence-corrected chi connectivity index (χ4v) is 2.13. The van der Waals surface area contributed by atoms with Crippen LogP contribution in [-0.2, 0) is 0 Å². The molecule has 3 aromatic rings. The number of pyridine rings is 1. The van der Waals surface area contributed by atoms with Gasteiger partial charge in [0.2, 0.25) is 0 Å². The van der Waals surface area contributed by atoms with Gasteiger partial charge < -0.3 is 0 Å². The van der Waals surface area contributed by atoms with Gasteiger partial charge in [-0.25, -0.2) is 8.78 Å². The number of nitrogens with zero attached hydrogens (tertiary/aromatic N) is 1. The molecule has 0 aliphatic rings. The van der Waals surface area contributed by atoms with E-state index in [9.17, 15) is 8.78 Å². The van der Waals surface area contributed by atoms with Crippen molar-refractivity contribution < 1.29 is 8.78 Å². The molecular weight excluding hydrogens is 256 g/mol. The molecule has 0 saturated heterocycles. The zero-order valence-electron chi connectivity index (χ0n) is 10.6. The highest BCUT2D eigenvalue weighted by Gasteiger charge is 2.10. The van der Waals surface area contributed by atoms with Crippen molar-refractivity contribution in [3.8, 4) is 22.4 Å². The molecule has 0 fully saturated rings. The summed E-state index contributed by atoms with van der Waals surface area (Å²) in [6.45, 7) is 0. The monoisotopic (exact) mass is 267 g/mol. The maximum absolute atomic E-state index is 13.4. The fraction of sp³-hybridized carbons (Fsp3) is 0. The van der Waals surface area contributed by atoms with E-state index in [4.69, 9.17) is 0 Å². The third-order valence-corrected chi connectivity index (χ3v) is 3.09. The van der Waals surface area contributed by atoms with E-state index in [-0.39, 0.29) is 0 Å². The van der Waals surface area contributed by atoms with Crippen LogP contribution in [0.2, 0.25) is 0 Å². The molecule has 0 atom stereocenters. The average Bonchev–Trinajstić information content (AvgIpc) is 2.51. The van der Waals surface area contributed by atoms with Crippen molar-refractivity contribution in [2.24, 2.45) is 0 Å². The topological polar surface area (TPSA) is 12.9 Å². The smallest absolute Gasteiger partial charge is 0.159 e. The third kappa shape index (κ3) is 2.30. The van der Waals surface area contributed by atoms with E-state index in [1.54, 1.807) is 6.20 Å². The Hall–Kier alpha value is -2.55. The summed E-state index contributed by atoms with van der Waals surface area (Å²) in [6, 6.07) is 17.3. The second-order valence-corrected chi connectivity index (χ2v) is 4.39. The Morgan fingerprint density at radius 1 is 0.700 bits per heavy atom. The molecule has 98 valence electrons. The van der Waals surface area contributed by atoms with Gasteiger partial charge in [-0.05, 0) is 29.8 Å². The summed E-state index contributed by atoms with van der Waals surface area (Å²) in [5.74, 6) is -1.72. The minimum absolute atomic E-state index is 0.559. The summed E-state index contributed by atoms with van der Waals surface area (Å²) in [7, 11) is 0. The minimum Gasteiger partial charge on any atom is -0.256 e. The maximum atomic E-state index is 13.4. The number of aromatic nitrogens is 1. The van der Waals surface area contributed by atoms with E-state index in [0.29, 0.717) is 11.3 Å². The highest BCUT2D eigenvalue weighted by Crippen LogP contribution is 2.30. The molecule has 0 amide bonds. The van der Waals surface area contributed by atoms with Crippen molar-refractivity contribution in [2.75, 3.05) is 0 Å². The van der Waals surface area contributed by atoms with Crippen LogP contribution in [0.25, 0.3) is 22.4 Å². The predicted molar refractivity (Wildman–Crippen MR) is 75.0 cm³/mol. The Labute approximate surface area is 115 Å². The van der Waals surface area contributed by atoms with E-state index >= 15 is 0 Å². The van der Waals surface area contributed by atoms with Crippen LogP contribution in [0.5, 0.6) is 0 Å². The van der Waals surface area contributed by atoms with E-state index in [1.165, 1.54) is 12.1 Å². The van der Waals surface area contributed by atoms with Crippen LogP contribution in [0.3, 0.4) is 0 Å². The molecule has 0 spiro atoms. The van der Waals surface area contributed by atoms with Crippen molar-refractivity contribution in [3.05, 3.63) is 78.5 Å². The van der Waals surface area contributed by atoms with Gasteiger partial charge in [0.15, 0.2) is 11.6 Å². The van der Waals surface area contributed by atoms with E-state index in [2.05, 4.69) is 4.98 Å². The normalized spacial score (nSPS) is 10.5. The first-order valence-electron chi connectivity index (χ1n) is 6.21. The zero-order valence-corrected chi connectivity index (χ0v) is 10.6. The van der Waals surface area contributed by atoms with Crippen molar-refractivity contribution in [1.82, 2.24) is 4.98 Å². The predicted octanol–water partition coefficient (Wildman–Crippen LogP) is 4.69. The van der Waals surface area contributed by atoms with Gasteiger partial charge in [-0.2, -0.15) is 0 Å². The van der Waals surface area contributed by atoms with Crippen LogP contribution in [0.4, 0.5) is 8.78 Å². The molecule has 0 aliphatic heterocycles. The number of hydrogen-bond donors (Lipinski definition) is 0. The Kier molecular flexibility index (Phi) is 3.25. The summed E-state index contributed by atoms with van der Waals surface area (Å²) >= 11 is 0. The largest absolute Gasteiger partial charge is 0.256 e. The van der Waals surface area contributed by atoms with Gasteiger partial charge >= 0.3 is 0 Å². The zero-order chi connectivity index (χ0) is 13.9. The summed E-state index contributed by atoms with van der Waals surface area (Å²) in [5.41, 5.74) is 3.07. The van der Waals surface area contributed by atoms with Crippen LogP contribution < -0.4 is 0 Å². The quantitative estimate of drug-likeness (QED) is 0.656. The van der Waals surface area contributed by atoms with Gasteiger partial charge in [0.1, 0.15) is 0 Å². The Balaban J connectivity index is 2.17. The highest BCUT2D eigenvalue weighted by atomic mass is 19.2. The molecule has 0 N–H and O–H groups in total. The second kappa shape index (κ2) is 5.21. The lowest BCUT2D eigenvalue weighted by molar-refractivity contribution is 0.509. The Morgan fingerprint density at radius 3 is 2.25 bits per heavy atom. The van der Waals surface area contributed by atoms with E-state index in [1.807, 2.05) is 42.5 Å². The maximum Gasteiger partial charge on any atom is 0.159 e. The Morgan fingerprint density at radius 2 is 1.50 bits per heavy atom. The summed E-state index contributed by atoms with van der Waals surface area (Å²) in [6.07, 6.45) is 1.64. The molecule has 2 aromatic carbocycles. The lowest BCUT2D eigenvalue weighted by Gasteiger charge is -2.09. The highest BCUT2D eigenvalue weighted by molar-refractivity contribution is 5.80. The number of hydrogen-bond acceptors (Lipinski definition) is 1. The van der Waals surface area contributed by atoms with Gasteiger partial charge in [0.05, 0.1) is 5.69 Å². The van der Waals surface area contributed by atoms with Crippen molar-refractivity contribution in [2.45, 2.75) is 0 Å². The number of benzene rings is 2. The van der Waals surface area contributed by atoms with Crippen molar-refractivity contribution in [1.29, 1.82) is 0 Å². The Bertz CT molecular complexity index is 739. The summed E-state index contributed by atoms with van der Waals surface area (Å²) in [4.78, 5) is 4.31. The molecule has 1 heterocycles. The third-order valence-electron chi connectivity index (χ3n) is 3.09. The van der Waals surface area contributed by atoms with Crippen LogP contribution in [-0.4, -0.2) is 4.98 Å². The van der Waals surface area contributed by atoms with Crippen LogP contribution in [0.1, 0.15) is 0 Å². The molecule has 20 heavy (non-hydrogen) atoms. The molecule has 0 aliphatic carbocycles. The van der Waals surface area contributed by atoms with Crippen molar-refractivity contribution >= 4 is 0 Å². The van der Waals surface area contributed by atoms with Gasteiger partial charge in [-0.1, -0.05) is 36.4 Å². The van der Waals surface area contributed by atoms with Gasteiger partial charge in [-0.15, -0.1) is 0 Å². The molecule has 0 unspecified atom stereocenters. The van der Waals surface area contributed by atoms with Gasteiger partial charge in [-0.3, -0.25) is 4.98 Å². The summed E-state index contributed by atoms with van der Waals surface area (Å²) < 4.78 is 26.4. The molecule has 3 rings (SSSR count). The van der Waals surface area contributed by atoms with E-state index in [0.717, 1.165) is 17.2 Å². The molecule has 3 heteroatoms. The average molecular weight is 267 g/mol. The molecule has 0 bridgehead atoms. The van der Waals surface area contributed by atoms with Gasteiger partial charge in [0.25, 0.3) is 0 Å². The van der Waals surface area contributed by atoms with Crippen molar-refractivity contribution in [3.63, 3.8) is 0 Å². The number of rotatable bonds is 2. The molecular formula is C17H11F2N. The van der Waals surface area contributed by atoms with E-state index < -0.39 is 11.6 Å². The lowest BCUT2D eigenvalue weighted by Crippen LogP contribution is -1.91. The lowest BCUT2D eigenvalue weighted by atomic mass is 9.99. The number of halogens is 2. The first-order valence-corrected chi connectivity index (χ1v) is 6.21. The summed E-state index contributed by atoms with van der Waals surface area (Å²) in [5, 5.41) is 0. The second-order valence-electron chi connectivity index (χ2n) is 4.39. The fourth-order valence-electron chi connectivity index (χ4n) is 2.13. The minimum atomic E-state index is -0.868. The van der Waals surface area contributed by atoms with Crippen LogP contribution >= 0.6 is 0 Å². The van der Waals surface area contributed by atoms with Crippen LogP contribution in [0, 0.1) is 11.6 Å².